The van der Waals surface area contributed by atoms with Crippen LogP contribution in [0.25, 0.3) is 0 Å². The van der Waals surface area contributed by atoms with Gasteiger partial charge in [0.15, 0.2) is 5.96 Å². The summed E-state index contributed by atoms with van der Waals surface area (Å²) >= 11 is 1.88. The molecule has 164 valence electrons. The summed E-state index contributed by atoms with van der Waals surface area (Å²) in [7, 11) is 4.15. The topological polar surface area (TPSA) is 42.9 Å². The summed E-state index contributed by atoms with van der Waals surface area (Å²) < 4.78 is 0. The van der Waals surface area contributed by atoms with E-state index in [0.717, 1.165) is 45.0 Å². The van der Waals surface area contributed by atoms with E-state index in [2.05, 4.69) is 63.5 Å². The van der Waals surface area contributed by atoms with Crippen molar-refractivity contribution in [2.45, 2.75) is 44.7 Å². The Hall–Kier alpha value is -0.640. The molecule has 2 atom stereocenters. The summed E-state index contributed by atoms with van der Waals surface area (Å²) in [6, 6.07) is 5.49. The minimum atomic E-state index is 0. The maximum Gasteiger partial charge on any atom is 0.191 e. The minimum absolute atomic E-state index is 0. The van der Waals surface area contributed by atoms with Crippen molar-refractivity contribution in [3.05, 3.63) is 34.5 Å². The zero-order chi connectivity index (χ0) is 19.9. The molecule has 7 heteroatoms. The summed E-state index contributed by atoms with van der Waals surface area (Å²) in [5, 5.41) is 9.49. The van der Waals surface area contributed by atoms with E-state index in [1.807, 2.05) is 18.4 Å². The lowest BCUT2D eigenvalue weighted by Gasteiger charge is -2.39. The van der Waals surface area contributed by atoms with Gasteiger partial charge in [-0.15, -0.1) is 35.3 Å². The second-order valence-corrected chi connectivity index (χ2v) is 9.43. The van der Waals surface area contributed by atoms with Crippen molar-refractivity contribution >= 4 is 41.3 Å². The van der Waals surface area contributed by atoms with E-state index >= 15 is 0 Å². The Kier molecular flexibility index (Phi) is 10.4. The van der Waals surface area contributed by atoms with Crippen LogP contribution < -0.4 is 10.6 Å². The van der Waals surface area contributed by atoms with Crippen LogP contribution in [0, 0.1) is 5.92 Å². The van der Waals surface area contributed by atoms with Crippen LogP contribution in [0.15, 0.2) is 34.7 Å². The van der Waals surface area contributed by atoms with Gasteiger partial charge in [-0.2, -0.15) is 0 Å². The average Bonchev–Trinajstić information content (AvgIpc) is 3.20. The smallest absolute Gasteiger partial charge is 0.191 e. The Morgan fingerprint density at radius 2 is 2.03 bits per heavy atom. The zero-order valence-electron chi connectivity index (χ0n) is 18.2. The van der Waals surface area contributed by atoms with Gasteiger partial charge >= 0.3 is 0 Å². The average molecular weight is 532 g/mol. The first-order chi connectivity index (χ1) is 13.6. The van der Waals surface area contributed by atoms with Gasteiger partial charge in [0.1, 0.15) is 0 Å². The summed E-state index contributed by atoms with van der Waals surface area (Å²) in [4.78, 5) is 11.0. The van der Waals surface area contributed by atoms with Gasteiger partial charge in [-0.25, -0.2) is 0 Å². The third kappa shape index (κ3) is 7.22. The maximum absolute atomic E-state index is 4.50. The molecule has 0 spiro atoms. The predicted octanol–water partition coefficient (Wildman–Crippen LogP) is 3.95. The fourth-order valence-electron chi connectivity index (χ4n) is 4.62. The Balaban J connectivity index is 0.00000300. The molecule has 3 heterocycles. The molecular weight excluding hydrogens is 493 g/mol. The molecule has 2 fully saturated rings. The van der Waals surface area contributed by atoms with E-state index < -0.39 is 0 Å². The zero-order valence-corrected chi connectivity index (χ0v) is 21.3. The highest BCUT2D eigenvalue weighted by atomic mass is 127. The number of rotatable bonds is 6. The van der Waals surface area contributed by atoms with Crippen LogP contribution >= 0.6 is 35.3 Å². The molecular formula is C22H38IN5S. The lowest BCUT2D eigenvalue weighted by molar-refractivity contribution is 0.125. The Morgan fingerprint density at radius 3 is 2.66 bits per heavy atom. The molecule has 29 heavy (non-hydrogen) atoms. The molecule has 0 radical (unpaired) electrons. The molecule has 0 saturated carbocycles. The van der Waals surface area contributed by atoms with E-state index in [9.17, 15) is 0 Å². The number of likely N-dealkylation sites (tertiary alicyclic amines) is 2. The highest BCUT2D eigenvalue weighted by molar-refractivity contribution is 14.0. The monoisotopic (exact) mass is 531 g/mol. The SMILES string of the molecule is C=C(C)CN1CCC(NC(=NC)NCC2CCCN(C)C2c2cccs2)CC1.I. The van der Waals surface area contributed by atoms with E-state index in [-0.39, 0.29) is 24.0 Å². The molecule has 1 aromatic heterocycles. The number of guanidine groups is 1. The van der Waals surface area contributed by atoms with E-state index in [0.29, 0.717) is 18.0 Å². The van der Waals surface area contributed by atoms with Gasteiger partial charge in [0.05, 0.1) is 0 Å². The quantitative estimate of drug-likeness (QED) is 0.253. The van der Waals surface area contributed by atoms with E-state index in [1.165, 1.54) is 29.8 Å². The van der Waals surface area contributed by atoms with Gasteiger partial charge in [0, 0.05) is 50.2 Å². The van der Waals surface area contributed by atoms with Crippen molar-refractivity contribution in [2.24, 2.45) is 10.9 Å². The van der Waals surface area contributed by atoms with Crippen LogP contribution in [0.2, 0.25) is 0 Å². The second-order valence-electron chi connectivity index (χ2n) is 8.45. The van der Waals surface area contributed by atoms with Gasteiger partial charge in [0.2, 0.25) is 0 Å². The summed E-state index contributed by atoms with van der Waals surface area (Å²) in [5.74, 6) is 1.57. The maximum atomic E-state index is 4.50. The number of aliphatic imine (C=N–C) groups is 1. The Morgan fingerprint density at radius 1 is 1.28 bits per heavy atom. The van der Waals surface area contributed by atoms with Crippen molar-refractivity contribution < 1.29 is 0 Å². The largest absolute Gasteiger partial charge is 0.356 e. The molecule has 0 amide bonds. The normalized spacial score (nSPS) is 24.7. The molecule has 2 N–H and O–H groups in total. The van der Waals surface area contributed by atoms with Crippen LogP contribution in [-0.4, -0.2) is 68.6 Å². The molecule has 3 rings (SSSR count). The fraction of sp³-hybridized carbons (Fsp3) is 0.682. The first-order valence-electron chi connectivity index (χ1n) is 10.6. The highest BCUT2D eigenvalue weighted by Gasteiger charge is 2.31. The molecule has 5 nitrogen and oxygen atoms in total. The number of halogens is 1. The molecule has 1 aromatic rings. The van der Waals surface area contributed by atoms with Crippen molar-refractivity contribution in [1.29, 1.82) is 0 Å². The molecule has 2 aliphatic heterocycles. The molecule has 0 bridgehead atoms. The van der Waals surface area contributed by atoms with Gasteiger partial charge in [0.25, 0.3) is 0 Å². The van der Waals surface area contributed by atoms with Crippen LogP contribution in [0.5, 0.6) is 0 Å². The lowest BCUT2D eigenvalue weighted by Crippen LogP contribution is -2.50. The fourth-order valence-corrected chi connectivity index (χ4v) is 5.60. The van der Waals surface area contributed by atoms with Crippen molar-refractivity contribution in [3.63, 3.8) is 0 Å². The highest BCUT2D eigenvalue weighted by Crippen LogP contribution is 2.36. The second kappa shape index (κ2) is 12.3. The Bertz CT molecular complexity index is 640. The molecule has 2 aliphatic rings. The van der Waals surface area contributed by atoms with Crippen LogP contribution in [0.3, 0.4) is 0 Å². The minimum Gasteiger partial charge on any atom is -0.356 e. The van der Waals surface area contributed by atoms with Crippen molar-refractivity contribution in [1.82, 2.24) is 20.4 Å². The third-order valence-corrected chi connectivity index (χ3v) is 6.96. The molecule has 0 aliphatic carbocycles. The number of nitrogens with zero attached hydrogens (tertiary/aromatic N) is 3. The van der Waals surface area contributed by atoms with Gasteiger partial charge in [-0.3, -0.25) is 14.8 Å². The van der Waals surface area contributed by atoms with E-state index in [4.69, 9.17) is 0 Å². The van der Waals surface area contributed by atoms with Gasteiger partial charge in [-0.1, -0.05) is 18.2 Å². The number of hydrogen-bond donors (Lipinski definition) is 2. The van der Waals surface area contributed by atoms with Crippen LogP contribution in [0.1, 0.15) is 43.5 Å². The first kappa shape index (κ1) is 24.6. The van der Waals surface area contributed by atoms with E-state index in [1.54, 1.807) is 0 Å². The standard InChI is InChI=1S/C22H37N5S.HI/c1-17(2)16-27-12-9-19(10-13-27)25-22(23-3)24-15-18-7-5-11-26(4)21(18)20-8-6-14-28-20;/h6,8,14,18-19,21H,1,5,7,9-13,15-16H2,2-4H3,(H2,23,24,25);1H. The van der Waals surface area contributed by atoms with Gasteiger partial charge in [-0.05, 0) is 63.6 Å². The molecule has 2 saturated heterocycles. The van der Waals surface area contributed by atoms with Crippen LogP contribution in [0.4, 0.5) is 0 Å². The number of nitrogens with one attached hydrogen (secondary N) is 2. The van der Waals surface area contributed by atoms with Gasteiger partial charge < -0.3 is 10.6 Å². The summed E-state index contributed by atoms with van der Waals surface area (Å²) in [6.45, 7) is 11.6. The predicted molar refractivity (Wildman–Crippen MR) is 137 cm³/mol. The number of thiophene rings is 1. The Labute approximate surface area is 198 Å². The molecule has 2 unspecified atom stereocenters. The first-order valence-corrected chi connectivity index (χ1v) is 11.5. The van der Waals surface area contributed by atoms with Crippen LogP contribution in [-0.2, 0) is 0 Å². The lowest BCUT2D eigenvalue weighted by atomic mass is 9.88. The summed E-state index contributed by atoms with van der Waals surface area (Å²) in [5.41, 5.74) is 1.25. The van der Waals surface area contributed by atoms with Crippen molar-refractivity contribution in [3.8, 4) is 0 Å². The summed E-state index contributed by atoms with van der Waals surface area (Å²) in [6.07, 6.45) is 4.88. The third-order valence-electron chi connectivity index (χ3n) is 6.02. The number of hydrogen-bond acceptors (Lipinski definition) is 4. The van der Waals surface area contributed by atoms with Crippen molar-refractivity contribution in [2.75, 3.05) is 46.8 Å². The number of piperidine rings is 2. The molecule has 0 aromatic carbocycles.